The van der Waals surface area contributed by atoms with E-state index in [1.807, 2.05) is 37.1 Å². The number of ether oxygens (including phenoxy) is 1. The quantitative estimate of drug-likeness (QED) is 0.768. The van der Waals surface area contributed by atoms with E-state index in [2.05, 4.69) is 9.97 Å². The van der Waals surface area contributed by atoms with E-state index in [0.717, 1.165) is 28.7 Å². The summed E-state index contributed by atoms with van der Waals surface area (Å²) < 4.78 is 5.01. The third-order valence-corrected chi connectivity index (χ3v) is 4.10. The fourth-order valence-corrected chi connectivity index (χ4v) is 2.74. The number of aryl methyl sites for hydroxylation is 1. The average Bonchev–Trinajstić information content (AvgIpc) is 2.88. The monoisotopic (exact) mass is 305 g/mol. The number of esters is 1. The highest BCUT2D eigenvalue weighted by molar-refractivity contribution is 7.15. The van der Waals surface area contributed by atoms with Gasteiger partial charge in [0, 0.05) is 36.8 Å². The molecule has 0 aliphatic heterocycles. The Kier molecular flexibility index (Phi) is 5.27. The maximum absolute atomic E-state index is 11.8. The number of hydrogen-bond donors (Lipinski definition) is 0. The number of thiazole rings is 1. The molecule has 2 aromatic rings. The molecule has 0 radical (unpaired) electrons. The van der Waals surface area contributed by atoms with Gasteiger partial charge < -0.3 is 9.64 Å². The second kappa shape index (κ2) is 7.17. The zero-order valence-corrected chi connectivity index (χ0v) is 13.3. The van der Waals surface area contributed by atoms with Gasteiger partial charge in [-0.25, -0.2) is 9.78 Å². The van der Waals surface area contributed by atoms with Gasteiger partial charge in [0.05, 0.1) is 6.61 Å². The number of nitrogens with zero attached hydrogens (tertiary/aromatic N) is 3. The van der Waals surface area contributed by atoms with Crippen LogP contribution in [0.4, 0.5) is 5.13 Å². The average molecular weight is 305 g/mol. The molecule has 0 unspecified atom stereocenters. The summed E-state index contributed by atoms with van der Waals surface area (Å²) in [5.74, 6) is -0.351. The maximum atomic E-state index is 11.8. The highest BCUT2D eigenvalue weighted by Gasteiger charge is 2.18. The van der Waals surface area contributed by atoms with Crippen LogP contribution in [0.5, 0.6) is 0 Å². The van der Waals surface area contributed by atoms with Crippen molar-refractivity contribution >= 4 is 22.4 Å². The van der Waals surface area contributed by atoms with Crippen LogP contribution in [-0.2, 0) is 11.2 Å². The van der Waals surface area contributed by atoms with Gasteiger partial charge >= 0.3 is 5.97 Å². The lowest BCUT2D eigenvalue weighted by atomic mass is 10.2. The van der Waals surface area contributed by atoms with Gasteiger partial charge in [0.25, 0.3) is 0 Å². The molecule has 0 aliphatic carbocycles. The van der Waals surface area contributed by atoms with Gasteiger partial charge in [-0.1, -0.05) is 6.07 Å². The maximum Gasteiger partial charge on any atom is 0.358 e. The summed E-state index contributed by atoms with van der Waals surface area (Å²) in [4.78, 5) is 23.4. The number of hydrogen-bond acceptors (Lipinski definition) is 6. The molecular weight excluding hydrogens is 286 g/mol. The van der Waals surface area contributed by atoms with Gasteiger partial charge in [0.15, 0.2) is 10.8 Å². The predicted molar refractivity (Wildman–Crippen MR) is 84.0 cm³/mol. The Hall–Kier alpha value is -1.95. The molecule has 2 heterocycles. The van der Waals surface area contributed by atoms with E-state index in [1.165, 1.54) is 11.3 Å². The van der Waals surface area contributed by atoms with Crippen LogP contribution in [0, 0.1) is 6.92 Å². The van der Waals surface area contributed by atoms with E-state index in [0.29, 0.717) is 12.3 Å². The first-order valence-electron chi connectivity index (χ1n) is 6.87. The van der Waals surface area contributed by atoms with Crippen molar-refractivity contribution in [3.8, 4) is 0 Å². The van der Waals surface area contributed by atoms with Gasteiger partial charge in [0.1, 0.15) is 0 Å². The summed E-state index contributed by atoms with van der Waals surface area (Å²) in [6.45, 7) is 4.84. The molecule has 0 aromatic carbocycles. The molecule has 2 aromatic heterocycles. The molecule has 21 heavy (non-hydrogen) atoms. The number of pyridine rings is 1. The van der Waals surface area contributed by atoms with E-state index < -0.39 is 0 Å². The van der Waals surface area contributed by atoms with Gasteiger partial charge in [-0.15, -0.1) is 11.3 Å². The molecule has 0 aliphatic rings. The predicted octanol–water partition coefficient (Wildman–Crippen LogP) is 2.70. The minimum Gasteiger partial charge on any atom is -0.461 e. The van der Waals surface area contributed by atoms with Gasteiger partial charge in [0.2, 0.25) is 0 Å². The zero-order valence-electron chi connectivity index (χ0n) is 12.5. The van der Waals surface area contributed by atoms with Crippen LogP contribution in [0.3, 0.4) is 0 Å². The molecule has 112 valence electrons. The van der Waals surface area contributed by atoms with Crippen molar-refractivity contribution in [1.29, 1.82) is 0 Å². The van der Waals surface area contributed by atoms with Crippen molar-refractivity contribution in [2.45, 2.75) is 20.3 Å². The first-order valence-corrected chi connectivity index (χ1v) is 7.69. The zero-order chi connectivity index (χ0) is 15.2. The van der Waals surface area contributed by atoms with Crippen LogP contribution >= 0.6 is 11.3 Å². The normalized spacial score (nSPS) is 10.4. The van der Waals surface area contributed by atoms with Gasteiger partial charge in [-0.3, -0.25) is 4.98 Å². The molecule has 0 bridgehead atoms. The Morgan fingerprint density at radius 3 is 2.90 bits per heavy atom. The Balaban J connectivity index is 2.01. The SMILES string of the molecule is CCOC(=O)c1nc(N(C)CCc2ccccn2)sc1C. The number of rotatable bonds is 6. The van der Waals surface area contributed by atoms with E-state index in [1.54, 1.807) is 13.1 Å². The van der Waals surface area contributed by atoms with Crippen LogP contribution < -0.4 is 4.90 Å². The van der Waals surface area contributed by atoms with Crippen LogP contribution in [-0.4, -0.2) is 36.1 Å². The lowest BCUT2D eigenvalue weighted by molar-refractivity contribution is 0.0519. The third-order valence-electron chi connectivity index (χ3n) is 3.01. The molecule has 2 rings (SSSR count). The van der Waals surface area contributed by atoms with E-state index >= 15 is 0 Å². The second-order valence-electron chi connectivity index (χ2n) is 4.61. The number of carbonyl (C=O) groups is 1. The van der Waals surface area contributed by atoms with Crippen molar-refractivity contribution in [3.05, 3.63) is 40.7 Å². The molecule has 0 amide bonds. The van der Waals surface area contributed by atoms with Crippen LogP contribution in [0.2, 0.25) is 0 Å². The van der Waals surface area contributed by atoms with Crippen LogP contribution in [0.25, 0.3) is 0 Å². The Labute approximate surface area is 128 Å². The summed E-state index contributed by atoms with van der Waals surface area (Å²) in [5.41, 5.74) is 1.46. The van der Waals surface area contributed by atoms with E-state index in [9.17, 15) is 4.79 Å². The summed E-state index contributed by atoms with van der Waals surface area (Å²) in [6.07, 6.45) is 2.63. The number of likely N-dealkylation sites (N-methyl/N-ethyl adjacent to an activating group) is 1. The smallest absolute Gasteiger partial charge is 0.358 e. The fraction of sp³-hybridized carbons (Fsp3) is 0.400. The molecule has 0 saturated carbocycles. The number of carbonyl (C=O) groups excluding carboxylic acids is 1. The lowest BCUT2D eigenvalue weighted by Gasteiger charge is -2.14. The highest BCUT2D eigenvalue weighted by Crippen LogP contribution is 2.25. The van der Waals surface area contributed by atoms with Gasteiger partial charge in [-0.05, 0) is 26.0 Å². The first-order chi connectivity index (χ1) is 10.1. The van der Waals surface area contributed by atoms with Crippen molar-refractivity contribution in [2.75, 3.05) is 25.1 Å². The Bertz CT molecular complexity index is 598. The molecule has 6 heteroatoms. The molecule has 0 saturated heterocycles. The Morgan fingerprint density at radius 1 is 1.43 bits per heavy atom. The van der Waals surface area contributed by atoms with Crippen molar-refractivity contribution in [1.82, 2.24) is 9.97 Å². The fourth-order valence-electron chi connectivity index (χ4n) is 1.86. The van der Waals surface area contributed by atoms with Crippen molar-refractivity contribution in [3.63, 3.8) is 0 Å². The van der Waals surface area contributed by atoms with Crippen molar-refractivity contribution < 1.29 is 9.53 Å². The topological polar surface area (TPSA) is 55.3 Å². The van der Waals surface area contributed by atoms with Crippen LogP contribution in [0.15, 0.2) is 24.4 Å². The first kappa shape index (κ1) is 15.4. The molecule has 0 spiro atoms. The lowest BCUT2D eigenvalue weighted by Crippen LogP contribution is -2.20. The number of anilines is 1. The number of aromatic nitrogens is 2. The molecule has 0 fully saturated rings. The molecule has 5 nitrogen and oxygen atoms in total. The van der Waals surface area contributed by atoms with Crippen molar-refractivity contribution in [2.24, 2.45) is 0 Å². The summed E-state index contributed by atoms with van der Waals surface area (Å²) in [5, 5.41) is 0.825. The largest absolute Gasteiger partial charge is 0.461 e. The summed E-state index contributed by atoms with van der Waals surface area (Å²) in [7, 11) is 1.97. The van der Waals surface area contributed by atoms with E-state index in [4.69, 9.17) is 4.74 Å². The van der Waals surface area contributed by atoms with Gasteiger partial charge in [-0.2, -0.15) is 0 Å². The molecular formula is C15H19N3O2S. The summed E-state index contributed by atoms with van der Waals surface area (Å²) in [6, 6.07) is 5.89. The minimum atomic E-state index is -0.351. The van der Waals surface area contributed by atoms with E-state index in [-0.39, 0.29) is 5.97 Å². The second-order valence-corrected chi connectivity index (χ2v) is 5.80. The Morgan fingerprint density at radius 2 is 2.24 bits per heavy atom. The minimum absolute atomic E-state index is 0.351. The highest BCUT2D eigenvalue weighted by atomic mass is 32.1. The van der Waals surface area contributed by atoms with Crippen LogP contribution in [0.1, 0.15) is 28.0 Å². The standard InChI is InChI=1S/C15H19N3O2S/c1-4-20-14(19)13-11(2)21-15(17-13)18(3)10-8-12-7-5-6-9-16-12/h5-7,9H,4,8,10H2,1-3H3. The summed E-state index contributed by atoms with van der Waals surface area (Å²) >= 11 is 1.51. The molecule has 0 atom stereocenters. The molecule has 0 N–H and O–H groups in total. The third kappa shape index (κ3) is 4.01.